The van der Waals surface area contributed by atoms with Gasteiger partial charge in [0, 0.05) is 44.0 Å². The molecule has 3 heterocycles. The Kier molecular flexibility index (Phi) is 9.80. The second-order valence-corrected chi connectivity index (χ2v) is 17.4. The molecule has 0 nitrogen and oxygen atoms in total. The maximum atomic E-state index is 4.60. The average molecular weight is 505 g/mol. The van der Waals surface area contributed by atoms with Crippen LogP contribution >= 0.6 is 107 Å². The van der Waals surface area contributed by atoms with Crippen molar-refractivity contribution >= 4 is 107 Å². The van der Waals surface area contributed by atoms with Crippen LogP contribution in [-0.2, 0) is 0 Å². The summed E-state index contributed by atoms with van der Waals surface area (Å²) in [5, 5.41) is 2.46. The summed E-state index contributed by atoms with van der Waals surface area (Å²) in [6.07, 6.45) is 0. The molecule has 0 bridgehead atoms. The maximum absolute atomic E-state index is 4.60. The summed E-state index contributed by atoms with van der Waals surface area (Å²) in [5.41, 5.74) is 0. The summed E-state index contributed by atoms with van der Waals surface area (Å²) in [4.78, 5) is 0. The van der Waals surface area contributed by atoms with E-state index in [1.807, 2.05) is 34.9 Å². The predicted octanol–water partition coefficient (Wildman–Crippen LogP) is 6.92. The molecule has 0 radical (unpaired) electrons. The van der Waals surface area contributed by atoms with Crippen LogP contribution in [0.3, 0.4) is 0 Å². The molecule has 25 heavy (non-hydrogen) atoms. The minimum absolute atomic E-state index is 0.508. The maximum Gasteiger partial charge on any atom is 0.0611 e. The largest absolute Gasteiger partial charge is 0.175 e. The molecule has 2 aliphatic heterocycles. The summed E-state index contributed by atoms with van der Waals surface area (Å²) < 4.78 is 4.41. The van der Waals surface area contributed by atoms with Crippen molar-refractivity contribution in [1.82, 2.24) is 0 Å². The van der Waals surface area contributed by atoms with Crippen molar-refractivity contribution in [2.45, 2.75) is 52.4 Å². The zero-order valence-electron chi connectivity index (χ0n) is 14.2. The molecule has 1 aromatic heterocycles. The standard InChI is InChI=1S/C16H24S9/c1-9(17)11-5-19-15(23-11)7-21-13-3-4-14(25-13)22-8-16-20-6-12(24-16)10(2)18/h3-4,9-12,15-18H,5-8H2,1-2H3. The van der Waals surface area contributed by atoms with Crippen LogP contribution in [-0.4, -0.2) is 53.2 Å². The first-order chi connectivity index (χ1) is 12.0. The molecule has 9 heteroatoms. The van der Waals surface area contributed by atoms with Crippen LogP contribution in [0.15, 0.2) is 20.6 Å². The molecule has 2 saturated heterocycles. The molecule has 0 aliphatic carbocycles. The van der Waals surface area contributed by atoms with Gasteiger partial charge in [-0.05, 0) is 12.1 Å². The zero-order valence-corrected chi connectivity index (χ0v) is 21.7. The van der Waals surface area contributed by atoms with Crippen molar-refractivity contribution in [1.29, 1.82) is 0 Å². The summed E-state index contributed by atoms with van der Waals surface area (Å²) in [6.45, 7) is 4.44. The third-order valence-electron chi connectivity index (χ3n) is 3.90. The molecule has 1 aromatic rings. The van der Waals surface area contributed by atoms with Gasteiger partial charge in [-0.2, -0.15) is 25.3 Å². The third kappa shape index (κ3) is 7.05. The van der Waals surface area contributed by atoms with Crippen molar-refractivity contribution in [3.63, 3.8) is 0 Å². The molecule has 6 atom stereocenters. The van der Waals surface area contributed by atoms with E-state index in [0.29, 0.717) is 10.5 Å². The summed E-state index contributed by atoms with van der Waals surface area (Å²) in [6, 6.07) is 4.63. The molecule has 0 N–H and O–H groups in total. The Bertz CT molecular complexity index is 485. The Balaban J connectivity index is 1.37. The molecular weight excluding hydrogens is 481 g/mol. The lowest BCUT2D eigenvalue weighted by Gasteiger charge is -2.12. The highest BCUT2D eigenvalue weighted by Crippen LogP contribution is 2.46. The quantitative estimate of drug-likeness (QED) is 0.289. The lowest BCUT2D eigenvalue weighted by atomic mass is 10.4. The molecule has 0 saturated carbocycles. The summed E-state index contributed by atoms with van der Waals surface area (Å²) >= 11 is 23.7. The van der Waals surface area contributed by atoms with E-state index in [4.69, 9.17) is 0 Å². The number of thiophene rings is 1. The Morgan fingerprint density at radius 2 is 1.36 bits per heavy atom. The third-order valence-corrected chi connectivity index (χ3v) is 16.5. The van der Waals surface area contributed by atoms with Crippen LogP contribution < -0.4 is 0 Å². The Morgan fingerprint density at radius 3 is 1.72 bits per heavy atom. The van der Waals surface area contributed by atoms with Crippen LogP contribution in [0.2, 0.25) is 0 Å². The highest BCUT2D eigenvalue weighted by molar-refractivity contribution is 8.22. The number of hydrogen-bond donors (Lipinski definition) is 2. The van der Waals surface area contributed by atoms with E-state index in [-0.39, 0.29) is 0 Å². The summed E-state index contributed by atoms with van der Waals surface area (Å²) in [7, 11) is 0. The van der Waals surface area contributed by atoms with Crippen molar-refractivity contribution < 1.29 is 0 Å². The molecule has 142 valence electrons. The fourth-order valence-corrected chi connectivity index (χ4v) is 14.2. The van der Waals surface area contributed by atoms with Gasteiger partial charge < -0.3 is 0 Å². The second kappa shape index (κ2) is 11.0. The zero-order chi connectivity index (χ0) is 17.8. The predicted molar refractivity (Wildman–Crippen MR) is 138 cm³/mol. The first-order valence-electron chi connectivity index (χ1n) is 8.27. The van der Waals surface area contributed by atoms with Crippen molar-refractivity contribution in [3.8, 4) is 0 Å². The first-order valence-corrected chi connectivity index (χ1v) is 16.1. The van der Waals surface area contributed by atoms with Gasteiger partial charge in [0.2, 0.25) is 0 Å². The fraction of sp³-hybridized carbons (Fsp3) is 0.750. The van der Waals surface area contributed by atoms with E-state index in [2.05, 4.69) is 98.3 Å². The van der Waals surface area contributed by atoms with E-state index >= 15 is 0 Å². The van der Waals surface area contributed by atoms with Gasteiger partial charge in [0.1, 0.15) is 0 Å². The first kappa shape index (κ1) is 22.2. The van der Waals surface area contributed by atoms with E-state index < -0.39 is 0 Å². The van der Waals surface area contributed by atoms with E-state index in [0.717, 1.165) is 19.7 Å². The minimum atomic E-state index is 0.508. The number of thioether (sulfide) groups is 6. The number of hydrogen-bond acceptors (Lipinski definition) is 9. The molecule has 0 amide bonds. The lowest BCUT2D eigenvalue weighted by Crippen LogP contribution is -2.13. The van der Waals surface area contributed by atoms with Gasteiger partial charge in [-0.15, -0.1) is 81.9 Å². The topological polar surface area (TPSA) is 0 Å². The van der Waals surface area contributed by atoms with Crippen LogP contribution in [0.1, 0.15) is 13.8 Å². The Morgan fingerprint density at radius 1 is 0.920 bits per heavy atom. The van der Waals surface area contributed by atoms with Crippen molar-refractivity contribution in [2.75, 3.05) is 23.0 Å². The number of rotatable bonds is 8. The van der Waals surface area contributed by atoms with Crippen LogP contribution in [0.4, 0.5) is 0 Å². The van der Waals surface area contributed by atoms with Gasteiger partial charge in [-0.3, -0.25) is 0 Å². The lowest BCUT2D eigenvalue weighted by molar-refractivity contribution is 0.953. The molecule has 6 unspecified atom stereocenters. The van der Waals surface area contributed by atoms with Gasteiger partial charge in [-0.25, -0.2) is 0 Å². The summed E-state index contributed by atoms with van der Waals surface area (Å²) in [5.74, 6) is 4.95. The molecule has 2 aliphatic rings. The van der Waals surface area contributed by atoms with Crippen LogP contribution in [0.25, 0.3) is 0 Å². The van der Waals surface area contributed by atoms with E-state index in [1.165, 1.54) is 31.4 Å². The average Bonchev–Trinajstić information content (AvgIpc) is 3.30. The van der Waals surface area contributed by atoms with Crippen molar-refractivity contribution in [3.05, 3.63) is 12.1 Å². The van der Waals surface area contributed by atoms with Gasteiger partial charge in [0.15, 0.2) is 0 Å². The molecule has 3 rings (SSSR count). The highest BCUT2D eigenvalue weighted by atomic mass is 32.2. The molecule has 0 spiro atoms. The Hall–Kier alpha value is 2.50. The highest BCUT2D eigenvalue weighted by Gasteiger charge is 2.29. The Labute approximate surface area is 192 Å². The fourth-order valence-electron chi connectivity index (χ4n) is 2.39. The van der Waals surface area contributed by atoms with Gasteiger partial charge >= 0.3 is 0 Å². The van der Waals surface area contributed by atoms with Crippen molar-refractivity contribution in [2.24, 2.45) is 0 Å². The van der Waals surface area contributed by atoms with Gasteiger partial charge in [0.05, 0.1) is 17.6 Å². The monoisotopic (exact) mass is 504 g/mol. The van der Waals surface area contributed by atoms with Crippen LogP contribution in [0.5, 0.6) is 0 Å². The molecule has 0 aromatic carbocycles. The van der Waals surface area contributed by atoms with Crippen LogP contribution in [0, 0.1) is 0 Å². The van der Waals surface area contributed by atoms with E-state index in [1.54, 1.807) is 0 Å². The van der Waals surface area contributed by atoms with Gasteiger partial charge in [0.25, 0.3) is 0 Å². The minimum Gasteiger partial charge on any atom is -0.175 e. The normalized spacial score (nSPS) is 32.2. The second-order valence-electron chi connectivity index (χ2n) is 6.05. The molecular formula is C16H24S9. The molecule has 2 fully saturated rings. The number of thiol groups is 2. The van der Waals surface area contributed by atoms with Gasteiger partial charge in [-0.1, -0.05) is 13.8 Å². The SMILES string of the molecule is CC(S)C1CSC(CSc2ccc(SCC3SCC(C(C)S)S3)s2)S1. The van der Waals surface area contributed by atoms with E-state index in [9.17, 15) is 0 Å². The smallest absolute Gasteiger partial charge is 0.0611 e.